The number of nitrogens with zero attached hydrogens (tertiary/aromatic N) is 1. The summed E-state index contributed by atoms with van der Waals surface area (Å²) in [6.07, 6.45) is 2.12. The Morgan fingerprint density at radius 2 is 1.93 bits per heavy atom. The maximum atomic E-state index is 12.9. The van der Waals surface area contributed by atoms with Gasteiger partial charge in [-0.1, -0.05) is 35.3 Å². The number of halogens is 2. The molecule has 2 aromatic rings. The van der Waals surface area contributed by atoms with Gasteiger partial charge in [-0.05, 0) is 35.4 Å². The molecule has 2 amide bonds. The monoisotopic (exact) mass is 402 g/mol. The number of fused-ring (bicyclic) bond motifs is 1. The van der Waals surface area contributed by atoms with Crippen LogP contribution in [0.3, 0.4) is 0 Å². The van der Waals surface area contributed by atoms with Crippen LogP contribution in [0.2, 0.25) is 10.0 Å². The average molecular weight is 403 g/mol. The molecular formula is C20H18Cl2N3O2+. The number of hydrogen-bond acceptors (Lipinski definition) is 2. The van der Waals surface area contributed by atoms with Gasteiger partial charge in [0.2, 0.25) is 5.91 Å². The lowest BCUT2D eigenvalue weighted by molar-refractivity contribution is -0.638. The number of benzene rings is 2. The second-order valence-electron chi connectivity index (χ2n) is 6.82. The second-order valence-corrected chi connectivity index (χ2v) is 7.67. The van der Waals surface area contributed by atoms with Gasteiger partial charge in [0.25, 0.3) is 5.91 Å². The van der Waals surface area contributed by atoms with E-state index in [-0.39, 0.29) is 23.7 Å². The molecule has 2 aliphatic heterocycles. The molecule has 0 aliphatic carbocycles. The topological polar surface area (TPSA) is 75.1 Å². The van der Waals surface area contributed by atoms with Crippen molar-refractivity contribution in [3.8, 4) is 0 Å². The van der Waals surface area contributed by atoms with Crippen LogP contribution in [0.4, 0.5) is 5.69 Å². The lowest BCUT2D eigenvalue weighted by Gasteiger charge is -2.18. The summed E-state index contributed by atoms with van der Waals surface area (Å²) in [6.45, 7) is 1.56. The molecule has 2 heterocycles. The van der Waals surface area contributed by atoms with E-state index in [4.69, 9.17) is 23.2 Å². The third-order valence-corrected chi connectivity index (χ3v) is 5.73. The third-order valence-electron chi connectivity index (χ3n) is 5.16. The van der Waals surface area contributed by atoms with E-state index in [2.05, 4.69) is 15.6 Å². The van der Waals surface area contributed by atoms with E-state index in [9.17, 15) is 9.59 Å². The first kappa shape index (κ1) is 18.2. The predicted molar refractivity (Wildman–Crippen MR) is 106 cm³/mol. The van der Waals surface area contributed by atoms with Crippen molar-refractivity contribution in [3.05, 3.63) is 63.1 Å². The zero-order valence-corrected chi connectivity index (χ0v) is 15.9. The summed E-state index contributed by atoms with van der Waals surface area (Å²) >= 11 is 12.3. The Morgan fingerprint density at radius 3 is 2.70 bits per heavy atom. The molecule has 0 bridgehead atoms. The number of hydrogen-bond donors (Lipinski definition) is 2. The molecule has 1 fully saturated rings. The summed E-state index contributed by atoms with van der Waals surface area (Å²) in [5.74, 6) is -0.417. The molecule has 0 saturated carbocycles. The number of rotatable bonds is 3. The summed E-state index contributed by atoms with van der Waals surface area (Å²) < 4.78 is 0. The van der Waals surface area contributed by atoms with Gasteiger partial charge >= 0.3 is 0 Å². The number of amides is 2. The van der Waals surface area contributed by atoms with Crippen LogP contribution in [0.5, 0.6) is 0 Å². The standard InChI is InChI=1S/C20H17Cl2N3O2/c21-13-3-1-11(2-4-13)15-9-23-10-16(15)20(27)25-18-7-12-5-6-24-19(26)14(12)8-17(18)22/h1-4,6-8,15-16,23H,5,9-10H2,(H,25,27)/p+1/t15-,16+/m0/s1. The summed E-state index contributed by atoms with van der Waals surface area (Å²) in [4.78, 5) is 28.6. The molecule has 0 spiro atoms. The zero-order valence-electron chi connectivity index (χ0n) is 14.4. The van der Waals surface area contributed by atoms with Crippen molar-refractivity contribution < 1.29 is 14.9 Å². The number of nitrogens with two attached hydrogens (primary N) is 1. The van der Waals surface area contributed by atoms with Gasteiger partial charge in [-0.2, -0.15) is 0 Å². The van der Waals surface area contributed by atoms with Crippen LogP contribution < -0.4 is 10.6 Å². The van der Waals surface area contributed by atoms with Crippen LogP contribution in [0.1, 0.15) is 27.4 Å². The van der Waals surface area contributed by atoms with E-state index in [0.29, 0.717) is 34.3 Å². The molecule has 0 radical (unpaired) electrons. The minimum atomic E-state index is -0.302. The molecule has 5 nitrogen and oxygen atoms in total. The molecule has 2 aliphatic rings. The van der Waals surface area contributed by atoms with Crippen molar-refractivity contribution >= 4 is 46.9 Å². The third kappa shape index (κ3) is 3.63. The summed E-state index contributed by atoms with van der Waals surface area (Å²) in [5, 5.41) is 6.13. The van der Waals surface area contributed by atoms with Gasteiger partial charge in [0.05, 0.1) is 35.6 Å². The molecule has 7 heteroatoms. The second kappa shape index (κ2) is 7.43. The molecule has 2 atom stereocenters. The first-order chi connectivity index (χ1) is 13.0. The SMILES string of the molecule is O=C1N=CCc2cc(NC(=O)[C@@H]3C[NH2+]C[C@H]3c3ccc(Cl)cc3)c(Cl)cc21. The lowest BCUT2D eigenvalue weighted by atomic mass is 9.88. The van der Waals surface area contributed by atoms with E-state index < -0.39 is 0 Å². The van der Waals surface area contributed by atoms with Gasteiger partial charge in [0.1, 0.15) is 0 Å². The smallest absolute Gasteiger partial charge is 0.276 e. The fraction of sp³-hybridized carbons (Fsp3) is 0.250. The van der Waals surface area contributed by atoms with Gasteiger partial charge in [0.15, 0.2) is 0 Å². The van der Waals surface area contributed by atoms with E-state index >= 15 is 0 Å². The van der Waals surface area contributed by atoms with Crippen LogP contribution in [-0.4, -0.2) is 31.1 Å². The van der Waals surface area contributed by atoms with Gasteiger partial charge in [-0.3, -0.25) is 9.59 Å². The highest BCUT2D eigenvalue weighted by molar-refractivity contribution is 6.34. The highest BCUT2D eigenvalue weighted by Gasteiger charge is 2.37. The Bertz CT molecular complexity index is 941. The summed E-state index contributed by atoms with van der Waals surface area (Å²) in [6, 6.07) is 11.0. The van der Waals surface area contributed by atoms with Crippen molar-refractivity contribution in [2.24, 2.45) is 10.9 Å². The Balaban J connectivity index is 1.55. The molecule has 27 heavy (non-hydrogen) atoms. The number of anilines is 1. The molecule has 0 aromatic heterocycles. The van der Waals surface area contributed by atoms with Crippen molar-refractivity contribution in [2.75, 3.05) is 18.4 Å². The fourth-order valence-electron chi connectivity index (χ4n) is 3.76. The number of carbonyl (C=O) groups is 2. The summed E-state index contributed by atoms with van der Waals surface area (Å²) in [5.41, 5.74) is 2.95. The van der Waals surface area contributed by atoms with Gasteiger partial charge in [0, 0.05) is 23.2 Å². The maximum Gasteiger partial charge on any atom is 0.276 e. The minimum absolute atomic E-state index is 0.0682. The van der Waals surface area contributed by atoms with E-state index in [0.717, 1.165) is 17.7 Å². The number of quaternary nitrogens is 1. The highest BCUT2D eigenvalue weighted by Crippen LogP contribution is 2.31. The van der Waals surface area contributed by atoms with Gasteiger partial charge in [-0.15, -0.1) is 0 Å². The lowest BCUT2D eigenvalue weighted by Crippen LogP contribution is -2.81. The molecular weight excluding hydrogens is 385 g/mol. The normalized spacial score (nSPS) is 21.2. The van der Waals surface area contributed by atoms with E-state index in [1.807, 2.05) is 24.3 Å². The van der Waals surface area contributed by atoms with Crippen LogP contribution in [0, 0.1) is 5.92 Å². The minimum Gasteiger partial charge on any atom is -0.345 e. The van der Waals surface area contributed by atoms with Crippen LogP contribution >= 0.6 is 23.2 Å². The number of nitrogens with one attached hydrogen (secondary N) is 1. The van der Waals surface area contributed by atoms with E-state index in [1.165, 1.54) is 0 Å². The van der Waals surface area contributed by atoms with Crippen LogP contribution in [0.15, 0.2) is 41.4 Å². The Kier molecular flexibility index (Phi) is 5.00. The van der Waals surface area contributed by atoms with Crippen molar-refractivity contribution in [3.63, 3.8) is 0 Å². The molecule has 138 valence electrons. The van der Waals surface area contributed by atoms with E-state index in [1.54, 1.807) is 18.3 Å². The number of aliphatic imine (C=N–C) groups is 1. The number of carbonyl (C=O) groups excluding carboxylic acids is 2. The highest BCUT2D eigenvalue weighted by atomic mass is 35.5. The van der Waals surface area contributed by atoms with Crippen molar-refractivity contribution in [1.29, 1.82) is 0 Å². The van der Waals surface area contributed by atoms with Crippen molar-refractivity contribution in [1.82, 2.24) is 0 Å². The predicted octanol–water partition coefficient (Wildman–Crippen LogP) is 2.68. The quantitative estimate of drug-likeness (QED) is 0.827. The van der Waals surface area contributed by atoms with Gasteiger partial charge in [-0.25, -0.2) is 4.99 Å². The first-order valence-electron chi connectivity index (χ1n) is 8.80. The average Bonchev–Trinajstić information content (AvgIpc) is 3.14. The van der Waals surface area contributed by atoms with Crippen LogP contribution in [-0.2, 0) is 11.2 Å². The Labute approximate surface area is 166 Å². The molecule has 2 aromatic carbocycles. The molecule has 3 N–H and O–H groups in total. The van der Waals surface area contributed by atoms with Crippen molar-refractivity contribution in [2.45, 2.75) is 12.3 Å². The first-order valence-corrected chi connectivity index (χ1v) is 9.56. The molecule has 1 saturated heterocycles. The van der Waals surface area contributed by atoms with Gasteiger partial charge < -0.3 is 10.6 Å². The summed E-state index contributed by atoms with van der Waals surface area (Å²) in [7, 11) is 0. The fourth-order valence-corrected chi connectivity index (χ4v) is 4.09. The van der Waals surface area contributed by atoms with Crippen LogP contribution in [0.25, 0.3) is 0 Å². The molecule has 0 unspecified atom stereocenters. The largest absolute Gasteiger partial charge is 0.345 e. The maximum absolute atomic E-state index is 12.9. The zero-order chi connectivity index (χ0) is 19.0. The Morgan fingerprint density at radius 1 is 1.15 bits per heavy atom. The Hall–Kier alpha value is -2.21. The molecule has 4 rings (SSSR count).